The molecule has 0 aliphatic carbocycles. The zero-order valence-corrected chi connectivity index (χ0v) is 18.5. The first-order valence-electron chi connectivity index (χ1n) is 10.2. The fourth-order valence-electron chi connectivity index (χ4n) is 3.32. The van der Waals surface area contributed by atoms with Gasteiger partial charge in [-0.3, -0.25) is 14.3 Å². The van der Waals surface area contributed by atoms with Gasteiger partial charge < -0.3 is 0 Å². The van der Waals surface area contributed by atoms with Crippen molar-refractivity contribution < 1.29 is 9.18 Å². The van der Waals surface area contributed by atoms with Gasteiger partial charge in [0.2, 0.25) is 5.91 Å². The van der Waals surface area contributed by atoms with Crippen molar-refractivity contribution in [1.29, 1.82) is 5.26 Å². The molecule has 0 radical (unpaired) electrons. The molecule has 0 atom stereocenters. The fourth-order valence-corrected chi connectivity index (χ4v) is 4.14. The molecule has 0 fully saturated rings. The van der Waals surface area contributed by atoms with Crippen molar-refractivity contribution in [2.24, 2.45) is 0 Å². The number of nitrogens with zero attached hydrogens (tertiary/aromatic N) is 5. The Hall–Kier alpha value is -3.96. The van der Waals surface area contributed by atoms with Crippen molar-refractivity contribution in [2.45, 2.75) is 11.7 Å². The third-order valence-corrected chi connectivity index (χ3v) is 5.88. The highest BCUT2D eigenvalue weighted by Gasteiger charge is 2.20. The maximum atomic E-state index is 13.4. The van der Waals surface area contributed by atoms with E-state index in [-0.39, 0.29) is 24.0 Å². The van der Waals surface area contributed by atoms with Gasteiger partial charge in [-0.25, -0.2) is 4.39 Å². The van der Waals surface area contributed by atoms with Crippen LogP contribution in [0.1, 0.15) is 5.56 Å². The van der Waals surface area contributed by atoms with Crippen LogP contribution in [0.15, 0.2) is 90.1 Å². The summed E-state index contributed by atoms with van der Waals surface area (Å²) in [5.41, 5.74) is 2.44. The smallest absolute Gasteiger partial charge is 0.238 e. The highest BCUT2D eigenvalue weighted by molar-refractivity contribution is 7.99. The van der Waals surface area contributed by atoms with Gasteiger partial charge in [0, 0.05) is 11.3 Å². The zero-order valence-electron chi connectivity index (χ0n) is 17.6. The van der Waals surface area contributed by atoms with E-state index in [4.69, 9.17) is 0 Å². The lowest BCUT2D eigenvalue weighted by Crippen LogP contribution is -2.32. The predicted molar refractivity (Wildman–Crippen MR) is 126 cm³/mol. The second-order valence-corrected chi connectivity index (χ2v) is 8.09. The molecule has 3 aromatic carbocycles. The first-order valence-corrected chi connectivity index (χ1v) is 11.2. The fraction of sp³-hybridized carbons (Fsp3) is 0.120. The van der Waals surface area contributed by atoms with E-state index in [0.717, 1.165) is 11.1 Å². The van der Waals surface area contributed by atoms with E-state index in [2.05, 4.69) is 16.3 Å². The zero-order chi connectivity index (χ0) is 23.0. The first-order chi connectivity index (χ1) is 16.2. The van der Waals surface area contributed by atoms with Gasteiger partial charge >= 0.3 is 0 Å². The Bertz CT molecular complexity index is 1250. The van der Waals surface area contributed by atoms with E-state index < -0.39 is 0 Å². The van der Waals surface area contributed by atoms with E-state index in [1.807, 2.05) is 53.1 Å². The molecule has 4 aromatic rings. The van der Waals surface area contributed by atoms with E-state index in [1.165, 1.54) is 28.8 Å². The maximum Gasteiger partial charge on any atom is 0.238 e. The van der Waals surface area contributed by atoms with Crippen LogP contribution in [0.3, 0.4) is 0 Å². The van der Waals surface area contributed by atoms with Gasteiger partial charge in [-0.2, -0.15) is 5.26 Å². The molecule has 0 saturated carbocycles. The summed E-state index contributed by atoms with van der Waals surface area (Å²) in [5, 5.41) is 18.4. The Balaban J connectivity index is 1.59. The predicted octanol–water partition coefficient (Wildman–Crippen LogP) is 4.78. The van der Waals surface area contributed by atoms with Crippen LogP contribution in [0.25, 0.3) is 11.4 Å². The summed E-state index contributed by atoms with van der Waals surface area (Å²) in [6.07, 6.45) is 0. The molecule has 0 N–H and O–H groups in total. The van der Waals surface area contributed by atoms with Crippen LogP contribution < -0.4 is 4.90 Å². The minimum Gasteiger partial charge on any atom is -0.298 e. The third kappa shape index (κ3) is 5.45. The molecule has 0 unspecified atom stereocenters. The lowest BCUT2D eigenvalue weighted by molar-refractivity contribution is -0.116. The molecule has 0 saturated heterocycles. The maximum absolute atomic E-state index is 13.4. The normalized spacial score (nSPS) is 10.5. The van der Waals surface area contributed by atoms with Gasteiger partial charge in [0.1, 0.15) is 12.4 Å². The van der Waals surface area contributed by atoms with Crippen LogP contribution in [0, 0.1) is 17.1 Å². The number of benzene rings is 3. The first kappa shape index (κ1) is 22.2. The van der Waals surface area contributed by atoms with Gasteiger partial charge in [-0.1, -0.05) is 60.3 Å². The molecular weight excluding hydrogens is 437 g/mol. The quantitative estimate of drug-likeness (QED) is 0.281. The molecule has 0 bridgehead atoms. The van der Waals surface area contributed by atoms with Crippen LogP contribution in [-0.4, -0.2) is 33.0 Å². The topological polar surface area (TPSA) is 74.8 Å². The van der Waals surface area contributed by atoms with Crippen LogP contribution >= 0.6 is 11.8 Å². The molecule has 1 amide bonds. The summed E-state index contributed by atoms with van der Waals surface area (Å²) in [4.78, 5) is 14.4. The minimum atomic E-state index is -0.327. The number of anilines is 1. The molecular formula is C25H20FN5OS. The number of para-hydroxylation sites is 1. The molecule has 0 spiro atoms. The summed E-state index contributed by atoms with van der Waals surface area (Å²) in [6, 6.07) is 27.1. The number of halogens is 1. The summed E-state index contributed by atoms with van der Waals surface area (Å²) in [6.45, 7) is 0.457. The molecule has 0 aliphatic rings. The lowest BCUT2D eigenvalue weighted by Gasteiger charge is -2.19. The van der Waals surface area contributed by atoms with Gasteiger partial charge in [0.25, 0.3) is 0 Å². The molecule has 6 nitrogen and oxygen atoms in total. The lowest BCUT2D eigenvalue weighted by atomic mass is 10.2. The molecule has 4 rings (SSSR count). The van der Waals surface area contributed by atoms with Crippen molar-refractivity contribution in [3.05, 3.63) is 96.3 Å². The van der Waals surface area contributed by atoms with Crippen LogP contribution in [-0.2, 0) is 11.3 Å². The van der Waals surface area contributed by atoms with E-state index >= 15 is 0 Å². The van der Waals surface area contributed by atoms with Gasteiger partial charge in [-0.05, 0) is 42.0 Å². The monoisotopic (exact) mass is 457 g/mol. The van der Waals surface area contributed by atoms with E-state index in [9.17, 15) is 14.4 Å². The van der Waals surface area contributed by atoms with E-state index in [0.29, 0.717) is 23.2 Å². The second-order valence-electron chi connectivity index (χ2n) is 7.15. The number of hydrogen-bond acceptors (Lipinski definition) is 5. The Kier molecular flexibility index (Phi) is 7.12. The number of rotatable bonds is 8. The number of amides is 1. The molecule has 164 valence electrons. The summed E-state index contributed by atoms with van der Waals surface area (Å²) < 4.78 is 15.3. The summed E-state index contributed by atoms with van der Waals surface area (Å²) in [7, 11) is 0. The number of thioether (sulfide) groups is 1. The highest BCUT2D eigenvalue weighted by atomic mass is 32.2. The third-order valence-electron chi connectivity index (χ3n) is 4.93. The highest BCUT2D eigenvalue weighted by Crippen LogP contribution is 2.26. The average molecular weight is 458 g/mol. The Morgan fingerprint density at radius 2 is 1.64 bits per heavy atom. The minimum absolute atomic E-state index is 0.0407. The van der Waals surface area contributed by atoms with Crippen LogP contribution in [0.4, 0.5) is 10.1 Å². The Morgan fingerprint density at radius 3 is 2.30 bits per heavy atom. The number of aromatic nitrogens is 3. The molecule has 1 aromatic heterocycles. The molecule has 1 heterocycles. The van der Waals surface area contributed by atoms with Crippen LogP contribution in [0.5, 0.6) is 0 Å². The standard InChI is InChI=1S/C25H20FN5OS/c26-21-13-11-20(12-14-21)24-28-29-25(31(24)17-19-7-3-1-4-8-19)33-18-23(32)30(16-15-27)22-9-5-2-6-10-22/h1-14H,16-18H2. The molecule has 0 aliphatic heterocycles. The van der Waals surface area contributed by atoms with Gasteiger partial charge in [0.15, 0.2) is 11.0 Å². The van der Waals surface area contributed by atoms with E-state index in [1.54, 1.807) is 24.3 Å². The average Bonchev–Trinajstić information content (AvgIpc) is 3.25. The van der Waals surface area contributed by atoms with Crippen molar-refractivity contribution in [3.63, 3.8) is 0 Å². The molecule has 8 heteroatoms. The molecule has 33 heavy (non-hydrogen) atoms. The number of hydrogen-bond donors (Lipinski definition) is 0. The Morgan fingerprint density at radius 1 is 0.970 bits per heavy atom. The van der Waals surface area contributed by atoms with Crippen molar-refractivity contribution in [3.8, 4) is 17.5 Å². The summed E-state index contributed by atoms with van der Waals surface area (Å²) >= 11 is 1.26. The number of carbonyl (C=O) groups is 1. The SMILES string of the molecule is N#CCN(C(=O)CSc1nnc(-c2ccc(F)cc2)n1Cc1ccccc1)c1ccccc1. The number of nitriles is 1. The van der Waals surface area contributed by atoms with Crippen molar-refractivity contribution in [2.75, 3.05) is 17.2 Å². The van der Waals surface area contributed by atoms with Crippen LogP contribution in [0.2, 0.25) is 0 Å². The van der Waals surface area contributed by atoms with Gasteiger partial charge in [-0.15, -0.1) is 10.2 Å². The van der Waals surface area contributed by atoms with Crippen molar-refractivity contribution in [1.82, 2.24) is 14.8 Å². The van der Waals surface area contributed by atoms with Gasteiger partial charge in [0.05, 0.1) is 18.4 Å². The second kappa shape index (κ2) is 10.6. The summed E-state index contributed by atoms with van der Waals surface area (Å²) in [5.74, 6) is 0.148. The largest absolute Gasteiger partial charge is 0.298 e. The Labute approximate surface area is 195 Å². The van der Waals surface area contributed by atoms with Crippen molar-refractivity contribution >= 4 is 23.4 Å². The number of carbonyl (C=O) groups excluding carboxylic acids is 1.